The summed E-state index contributed by atoms with van der Waals surface area (Å²) in [5.74, 6) is -2.25. The fourth-order valence-corrected chi connectivity index (χ4v) is 2.43. The molecule has 0 aliphatic rings. The lowest BCUT2D eigenvalue weighted by Gasteiger charge is -2.19. The molecule has 0 spiro atoms. The molecule has 0 bridgehead atoms. The second-order valence-electron chi connectivity index (χ2n) is 4.71. The van der Waals surface area contributed by atoms with Crippen LogP contribution in [-0.2, 0) is 6.42 Å². The quantitative estimate of drug-likeness (QED) is 0.847. The second-order valence-corrected chi connectivity index (χ2v) is 5.11. The molecule has 2 rings (SSSR count). The van der Waals surface area contributed by atoms with Gasteiger partial charge in [0, 0.05) is 11.6 Å². The van der Waals surface area contributed by atoms with E-state index >= 15 is 0 Å². The van der Waals surface area contributed by atoms with Crippen molar-refractivity contribution in [1.82, 2.24) is 5.32 Å². The van der Waals surface area contributed by atoms with Crippen LogP contribution < -0.4 is 5.32 Å². The summed E-state index contributed by atoms with van der Waals surface area (Å²) in [5.41, 5.74) is 0.994. The van der Waals surface area contributed by atoms with Gasteiger partial charge in [-0.15, -0.1) is 0 Å². The number of rotatable bonds is 5. The van der Waals surface area contributed by atoms with Crippen LogP contribution in [0.1, 0.15) is 24.1 Å². The van der Waals surface area contributed by atoms with Crippen LogP contribution in [0.2, 0.25) is 5.02 Å². The third kappa shape index (κ3) is 3.77. The number of halogens is 4. The van der Waals surface area contributed by atoms with Crippen LogP contribution in [-0.4, -0.2) is 6.54 Å². The van der Waals surface area contributed by atoms with Gasteiger partial charge in [0.05, 0.1) is 5.02 Å². The minimum Gasteiger partial charge on any atom is -0.310 e. The van der Waals surface area contributed by atoms with Crippen LogP contribution in [0, 0.1) is 17.5 Å². The molecule has 0 aliphatic carbocycles. The predicted octanol–water partition coefficient (Wildman–Crippen LogP) is 4.65. The van der Waals surface area contributed by atoms with Crippen molar-refractivity contribution in [2.24, 2.45) is 0 Å². The minimum absolute atomic E-state index is 0.0162. The molecule has 1 atom stereocenters. The fraction of sp³-hybridized carbons (Fsp3) is 0.250. The van der Waals surface area contributed by atoms with E-state index in [9.17, 15) is 13.2 Å². The largest absolute Gasteiger partial charge is 0.310 e. The molecule has 0 amide bonds. The molecule has 0 saturated heterocycles. The van der Waals surface area contributed by atoms with E-state index in [0.29, 0.717) is 13.0 Å². The molecule has 21 heavy (non-hydrogen) atoms. The summed E-state index contributed by atoms with van der Waals surface area (Å²) in [6, 6.07) is 8.03. The highest BCUT2D eigenvalue weighted by molar-refractivity contribution is 6.30. The van der Waals surface area contributed by atoms with E-state index in [1.165, 1.54) is 24.3 Å². The van der Waals surface area contributed by atoms with Crippen molar-refractivity contribution >= 4 is 11.6 Å². The molecule has 5 heteroatoms. The van der Waals surface area contributed by atoms with Gasteiger partial charge >= 0.3 is 0 Å². The Morgan fingerprint density at radius 2 is 1.86 bits per heavy atom. The first-order chi connectivity index (χ1) is 10.0. The van der Waals surface area contributed by atoms with Crippen molar-refractivity contribution in [3.8, 4) is 0 Å². The molecule has 1 nitrogen and oxygen atoms in total. The zero-order valence-electron chi connectivity index (χ0n) is 11.5. The number of nitrogens with one attached hydrogen (secondary N) is 1. The Morgan fingerprint density at radius 1 is 1.10 bits per heavy atom. The van der Waals surface area contributed by atoms with Gasteiger partial charge in [0.1, 0.15) is 5.82 Å². The molecule has 2 aromatic rings. The van der Waals surface area contributed by atoms with E-state index in [1.54, 1.807) is 6.07 Å². The second kappa shape index (κ2) is 6.96. The van der Waals surface area contributed by atoms with Gasteiger partial charge in [0.25, 0.3) is 0 Å². The Kier molecular flexibility index (Phi) is 5.26. The molecule has 0 aliphatic heterocycles. The summed E-state index contributed by atoms with van der Waals surface area (Å²) < 4.78 is 40.4. The molecule has 0 radical (unpaired) electrons. The first kappa shape index (κ1) is 15.9. The van der Waals surface area contributed by atoms with Gasteiger partial charge in [0.2, 0.25) is 0 Å². The molecule has 0 aromatic heterocycles. The van der Waals surface area contributed by atoms with Crippen molar-refractivity contribution in [3.05, 3.63) is 70.0 Å². The number of benzene rings is 2. The van der Waals surface area contributed by atoms with E-state index in [1.807, 2.05) is 6.92 Å². The first-order valence-corrected chi connectivity index (χ1v) is 7.02. The number of likely N-dealkylation sites (N-methyl/N-ethyl adjacent to an activating group) is 1. The van der Waals surface area contributed by atoms with E-state index in [2.05, 4.69) is 5.32 Å². The maximum atomic E-state index is 13.9. The maximum absolute atomic E-state index is 13.9. The lowest BCUT2D eigenvalue weighted by molar-refractivity contribution is 0.464. The van der Waals surface area contributed by atoms with Crippen LogP contribution in [0.15, 0.2) is 36.4 Å². The lowest BCUT2D eigenvalue weighted by Crippen LogP contribution is -2.24. The van der Waals surface area contributed by atoms with Crippen molar-refractivity contribution in [2.75, 3.05) is 6.54 Å². The zero-order valence-corrected chi connectivity index (χ0v) is 12.2. The van der Waals surface area contributed by atoms with Gasteiger partial charge < -0.3 is 5.32 Å². The Labute approximate surface area is 126 Å². The summed E-state index contributed by atoms with van der Waals surface area (Å²) >= 11 is 5.75. The third-order valence-corrected chi connectivity index (χ3v) is 3.52. The van der Waals surface area contributed by atoms with Gasteiger partial charge in [0.15, 0.2) is 11.6 Å². The Balaban J connectivity index is 2.30. The Hall–Kier alpha value is -1.52. The molecule has 0 heterocycles. The van der Waals surface area contributed by atoms with Crippen molar-refractivity contribution < 1.29 is 13.2 Å². The van der Waals surface area contributed by atoms with Crippen LogP contribution in [0.5, 0.6) is 0 Å². The van der Waals surface area contributed by atoms with E-state index in [-0.39, 0.29) is 10.6 Å². The summed E-state index contributed by atoms with van der Waals surface area (Å²) in [5, 5.41) is 3.12. The SMILES string of the molecule is CCNC(Cc1ccc(F)c(Cl)c1)c1cccc(F)c1F. The van der Waals surface area contributed by atoms with Crippen LogP contribution >= 0.6 is 11.6 Å². The molecular weight excluding hydrogens is 299 g/mol. The molecule has 112 valence electrons. The van der Waals surface area contributed by atoms with Crippen molar-refractivity contribution in [3.63, 3.8) is 0 Å². The monoisotopic (exact) mass is 313 g/mol. The predicted molar refractivity (Wildman–Crippen MR) is 77.9 cm³/mol. The average molecular weight is 314 g/mol. The van der Waals surface area contributed by atoms with Gasteiger partial charge in [-0.1, -0.05) is 36.7 Å². The van der Waals surface area contributed by atoms with Gasteiger partial charge in [-0.25, -0.2) is 13.2 Å². The van der Waals surface area contributed by atoms with Gasteiger partial charge in [-0.05, 0) is 36.7 Å². The van der Waals surface area contributed by atoms with Gasteiger partial charge in [-0.3, -0.25) is 0 Å². The lowest BCUT2D eigenvalue weighted by atomic mass is 9.98. The van der Waals surface area contributed by atoms with Crippen LogP contribution in [0.25, 0.3) is 0 Å². The molecular formula is C16H15ClF3N. The van der Waals surface area contributed by atoms with Crippen LogP contribution in [0.3, 0.4) is 0 Å². The minimum atomic E-state index is -0.882. The van der Waals surface area contributed by atoms with Crippen molar-refractivity contribution in [1.29, 1.82) is 0 Å². The molecule has 1 N–H and O–H groups in total. The topological polar surface area (TPSA) is 12.0 Å². The highest BCUT2D eigenvalue weighted by Crippen LogP contribution is 2.25. The van der Waals surface area contributed by atoms with E-state index in [0.717, 1.165) is 11.6 Å². The molecule has 0 fully saturated rings. The Bertz CT molecular complexity index is 631. The maximum Gasteiger partial charge on any atom is 0.163 e. The first-order valence-electron chi connectivity index (χ1n) is 6.64. The Morgan fingerprint density at radius 3 is 2.52 bits per heavy atom. The molecule has 0 saturated carbocycles. The van der Waals surface area contributed by atoms with Gasteiger partial charge in [-0.2, -0.15) is 0 Å². The highest BCUT2D eigenvalue weighted by atomic mass is 35.5. The molecule has 2 aromatic carbocycles. The standard InChI is InChI=1S/C16H15ClF3N/c1-2-21-15(11-4-3-5-14(19)16(11)20)9-10-6-7-13(18)12(17)8-10/h3-8,15,21H,2,9H2,1H3. The summed E-state index contributed by atoms with van der Waals surface area (Å²) in [6.07, 6.45) is 0.383. The zero-order chi connectivity index (χ0) is 15.4. The summed E-state index contributed by atoms with van der Waals surface area (Å²) in [4.78, 5) is 0. The van der Waals surface area contributed by atoms with Crippen LogP contribution in [0.4, 0.5) is 13.2 Å². The van der Waals surface area contributed by atoms with E-state index in [4.69, 9.17) is 11.6 Å². The smallest absolute Gasteiger partial charge is 0.163 e. The van der Waals surface area contributed by atoms with Crippen molar-refractivity contribution in [2.45, 2.75) is 19.4 Å². The molecule has 1 unspecified atom stereocenters. The third-order valence-electron chi connectivity index (χ3n) is 3.23. The number of hydrogen-bond acceptors (Lipinski definition) is 1. The average Bonchev–Trinajstić information content (AvgIpc) is 2.45. The fourth-order valence-electron chi connectivity index (χ4n) is 2.23. The summed E-state index contributed by atoms with van der Waals surface area (Å²) in [6.45, 7) is 2.47. The van der Waals surface area contributed by atoms with E-state index < -0.39 is 23.5 Å². The highest BCUT2D eigenvalue weighted by Gasteiger charge is 2.18. The number of hydrogen-bond donors (Lipinski definition) is 1. The summed E-state index contributed by atoms with van der Waals surface area (Å²) in [7, 11) is 0. The normalized spacial score (nSPS) is 12.4.